The Morgan fingerprint density at radius 1 is 1.34 bits per heavy atom. The average Bonchev–Trinajstić information content (AvgIpc) is 3.22. The van der Waals surface area contributed by atoms with Gasteiger partial charge in [-0.3, -0.25) is 14.3 Å². The van der Waals surface area contributed by atoms with Crippen molar-refractivity contribution in [2.75, 3.05) is 25.5 Å². The van der Waals surface area contributed by atoms with Crippen LogP contribution < -0.4 is 10.2 Å². The molecular weight excluding hydrogens is 452 g/mol. The van der Waals surface area contributed by atoms with E-state index in [1.807, 2.05) is 63.9 Å². The lowest BCUT2D eigenvalue weighted by Gasteiger charge is -2.39. The van der Waals surface area contributed by atoms with Crippen LogP contribution in [0.1, 0.15) is 52.1 Å². The topological polar surface area (TPSA) is 130 Å². The lowest BCUT2D eigenvalue weighted by molar-refractivity contribution is -0.123. The number of hydrogen-bond acceptors (Lipinski definition) is 7. The van der Waals surface area contributed by atoms with E-state index in [0.717, 1.165) is 42.0 Å². The Morgan fingerprint density at radius 3 is 2.63 bits per heavy atom. The summed E-state index contributed by atoms with van der Waals surface area (Å²) in [6, 6.07) is 5.55. The fourth-order valence-corrected chi connectivity index (χ4v) is 4.12. The molecule has 3 rings (SSSR count). The number of amides is 2. The first-order valence-electron chi connectivity index (χ1n) is 11.6. The predicted octanol–water partition coefficient (Wildman–Crippen LogP) is 2.92. The number of benzene rings is 1. The van der Waals surface area contributed by atoms with Gasteiger partial charge in [0.1, 0.15) is 5.69 Å². The highest BCUT2D eigenvalue weighted by molar-refractivity contribution is 5.94. The molecule has 11 nitrogen and oxygen atoms in total. The lowest BCUT2D eigenvalue weighted by atomic mass is 9.90. The highest BCUT2D eigenvalue weighted by Gasteiger charge is 2.34. The van der Waals surface area contributed by atoms with Crippen molar-refractivity contribution >= 4 is 24.2 Å². The van der Waals surface area contributed by atoms with Crippen molar-refractivity contribution in [2.24, 2.45) is 0 Å². The van der Waals surface area contributed by atoms with E-state index in [-0.39, 0.29) is 30.6 Å². The summed E-state index contributed by atoms with van der Waals surface area (Å²) in [6.45, 7) is 8.70. The number of nitrogens with one attached hydrogen (secondary N) is 1. The third-order valence-corrected chi connectivity index (χ3v) is 5.48. The number of nitrogens with zero attached hydrogens (tertiary/aromatic N) is 5. The third kappa shape index (κ3) is 7.78. The molecule has 35 heavy (non-hydrogen) atoms. The van der Waals surface area contributed by atoms with Crippen LogP contribution in [0, 0.1) is 0 Å². The molecule has 11 heteroatoms. The second-order valence-electron chi connectivity index (χ2n) is 9.03. The molecule has 0 unspecified atom stereocenters. The summed E-state index contributed by atoms with van der Waals surface area (Å²) in [4.78, 5) is 36.9. The lowest BCUT2D eigenvalue weighted by Crippen LogP contribution is -2.45. The van der Waals surface area contributed by atoms with Crippen LogP contribution in [0.3, 0.4) is 0 Å². The maximum atomic E-state index is 12.3. The predicted molar refractivity (Wildman–Crippen MR) is 132 cm³/mol. The van der Waals surface area contributed by atoms with Crippen LogP contribution in [0.15, 0.2) is 24.4 Å². The van der Waals surface area contributed by atoms with Gasteiger partial charge < -0.3 is 25.0 Å². The second kappa shape index (κ2) is 12.8. The number of aryl methyl sites for hydroxylation is 1. The first-order valence-corrected chi connectivity index (χ1v) is 11.6. The van der Waals surface area contributed by atoms with Crippen LogP contribution in [0.2, 0.25) is 0 Å². The Kier molecular flexibility index (Phi) is 10.2. The number of hydrogen-bond donors (Lipinski definition) is 2. The first kappa shape index (κ1) is 27.8. The number of carboxylic acid groups (broad SMARTS) is 1. The van der Waals surface area contributed by atoms with E-state index in [9.17, 15) is 9.59 Å². The Labute approximate surface area is 206 Å². The van der Waals surface area contributed by atoms with Crippen molar-refractivity contribution in [3.63, 3.8) is 0 Å². The van der Waals surface area contributed by atoms with E-state index in [0.29, 0.717) is 6.42 Å². The average molecular weight is 489 g/mol. The summed E-state index contributed by atoms with van der Waals surface area (Å²) in [7, 11) is 4.10. The van der Waals surface area contributed by atoms with Gasteiger partial charge in [-0.15, -0.1) is 5.10 Å². The Hall–Kier alpha value is -3.47. The fourth-order valence-electron chi connectivity index (χ4n) is 4.12. The minimum atomic E-state index is -0.461. The summed E-state index contributed by atoms with van der Waals surface area (Å²) in [5, 5.41) is 18.4. The van der Waals surface area contributed by atoms with Gasteiger partial charge in [0.2, 0.25) is 5.91 Å². The molecule has 0 bridgehead atoms. The molecule has 0 saturated carbocycles. The molecule has 2 N–H and O–H groups in total. The number of aromatic nitrogens is 3. The van der Waals surface area contributed by atoms with Crippen molar-refractivity contribution in [2.45, 2.75) is 65.3 Å². The summed E-state index contributed by atoms with van der Waals surface area (Å²) in [5.41, 5.74) is 3.32. The smallest absolute Gasteiger partial charge is 0.407 e. The van der Waals surface area contributed by atoms with Gasteiger partial charge in [-0.2, -0.15) is 0 Å². The standard InChI is InChI=1S/C23H34N6O3.CH2O2/c1-15(2)32-23(31)24-20-12-16(3)29(17(4)30)22-9-8-18(13-19(20)22)21-14-28(26-25-21)11-7-10-27(5)6;2-1-3/h8-9,13-16,20H,7,10-12H2,1-6H3,(H,24,31);1H,(H,2,3)/t16-,20+;/m0./s1. The van der Waals surface area contributed by atoms with E-state index in [1.165, 1.54) is 0 Å². The molecule has 0 aliphatic carbocycles. The molecule has 1 aromatic heterocycles. The molecule has 2 atom stereocenters. The maximum absolute atomic E-state index is 12.3. The van der Waals surface area contributed by atoms with Crippen molar-refractivity contribution in [1.29, 1.82) is 0 Å². The van der Waals surface area contributed by atoms with E-state index in [1.54, 1.807) is 11.8 Å². The van der Waals surface area contributed by atoms with Crippen LogP contribution in [-0.2, 0) is 20.9 Å². The Balaban J connectivity index is 0.00000137. The number of anilines is 1. The highest BCUT2D eigenvalue weighted by Crippen LogP contribution is 2.39. The van der Waals surface area contributed by atoms with Gasteiger partial charge in [0, 0.05) is 30.8 Å². The van der Waals surface area contributed by atoms with Crippen molar-refractivity contribution in [1.82, 2.24) is 25.2 Å². The SMILES string of the molecule is CC(=O)N1c2ccc(-c3cn(CCCN(C)C)nn3)cc2[C@H](NC(=O)OC(C)C)C[C@@H]1C.O=CO. The van der Waals surface area contributed by atoms with Gasteiger partial charge in [0.15, 0.2) is 0 Å². The molecular formula is C24H36N6O5. The largest absolute Gasteiger partial charge is 0.483 e. The van der Waals surface area contributed by atoms with Crippen molar-refractivity contribution in [3.8, 4) is 11.3 Å². The number of ether oxygens (including phenoxy) is 1. The minimum absolute atomic E-state index is 0.0263. The summed E-state index contributed by atoms with van der Waals surface area (Å²) in [5.74, 6) is -0.0263. The molecule has 1 aromatic carbocycles. The number of carbonyl (C=O) groups is 3. The fraction of sp³-hybridized carbons (Fsp3) is 0.542. The van der Waals surface area contributed by atoms with E-state index >= 15 is 0 Å². The van der Waals surface area contributed by atoms with Gasteiger partial charge >= 0.3 is 6.09 Å². The monoisotopic (exact) mass is 488 g/mol. The van der Waals surface area contributed by atoms with Crippen molar-refractivity contribution < 1.29 is 24.2 Å². The molecule has 0 radical (unpaired) electrons. The summed E-state index contributed by atoms with van der Waals surface area (Å²) < 4.78 is 7.14. The zero-order valence-electron chi connectivity index (χ0n) is 21.3. The number of rotatable bonds is 7. The molecule has 192 valence electrons. The minimum Gasteiger partial charge on any atom is -0.483 e. The molecule has 0 saturated heterocycles. The van der Waals surface area contributed by atoms with Gasteiger partial charge in [-0.25, -0.2) is 4.79 Å². The molecule has 0 spiro atoms. The van der Waals surface area contributed by atoms with E-state index in [4.69, 9.17) is 14.6 Å². The van der Waals surface area contributed by atoms with E-state index < -0.39 is 6.09 Å². The Bertz CT molecular complexity index is 1010. The summed E-state index contributed by atoms with van der Waals surface area (Å²) >= 11 is 0. The third-order valence-electron chi connectivity index (χ3n) is 5.48. The van der Waals surface area contributed by atoms with Crippen LogP contribution in [0.25, 0.3) is 11.3 Å². The van der Waals surface area contributed by atoms with Crippen LogP contribution in [0.4, 0.5) is 10.5 Å². The van der Waals surface area contributed by atoms with Crippen molar-refractivity contribution in [3.05, 3.63) is 30.0 Å². The molecule has 1 aliphatic heterocycles. The number of carbonyl (C=O) groups excluding carboxylic acids is 2. The van der Waals surface area contributed by atoms with Crippen LogP contribution in [0.5, 0.6) is 0 Å². The molecule has 2 aromatic rings. The number of fused-ring (bicyclic) bond motifs is 1. The van der Waals surface area contributed by atoms with Gasteiger partial charge in [-0.05, 0) is 71.9 Å². The van der Waals surface area contributed by atoms with Gasteiger partial charge in [-0.1, -0.05) is 11.3 Å². The first-order chi connectivity index (χ1) is 16.6. The molecule has 2 amide bonds. The zero-order chi connectivity index (χ0) is 26.1. The van der Waals surface area contributed by atoms with Crippen LogP contribution >= 0.6 is 0 Å². The van der Waals surface area contributed by atoms with Gasteiger partial charge in [0.25, 0.3) is 6.47 Å². The zero-order valence-corrected chi connectivity index (χ0v) is 21.3. The molecule has 2 heterocycles. The molecule has 0 fully saturated rings. The normalized spacial score (nSPS) is 16.9. The second-order valence-corrected chi connectivity index (χ2v) is 9.03. The Morgan fingerprint density at radius 2 is 2.03 bits per heavy atom. The summed E-state index contributed by atoms with van der Waals surface area (Å²) in [6.07, 6.45) is 2.84. The highest BCUT2D eigenvalue weighted by atomic mass is 16.6. The maximum Gasteiger partial charge on any atom is 0.407 e. The van der Waals surface area contributed by atoms with E-state index in [2.05, 4.69) is 20.5 Å². The molecule has 1 aliphatic rings. The van der Waals surface area contributed by atoms with Gasteiger partial charge in [0.05, 0.1) is 18.3 Å². The van der Waals surface area contributed by atoms with Crippen LogP contribution in [-0.4, -0.2) is 76.3 Å². The number of alkyl carbamates (subject to hydrolysis) is 1. The quantitative estimate of drug-likeness (QED) is 0.569.